The van der Waals surface area contributed by atoms with Gasteiger partial charge in [-0.3, -0.25) is 13.9 Å². The second-order valence-corrected chi connectivity index (χ2v) is 8.89. The van der Waals surface area contributed by atoms with Gasteiger partial charge in [0.2, 0.25) is 5.88 Å². The van der Waals surface area contributed by atoms with Crippen molar-refractivity contribution < 1.29 is 23.1 Å². The molecular formula is C25H24F3N3O3. The van der Waals surface area contributed by atoms with E-state index in [4.69, 9.17) is 0 Å². The standard InChI is InChI=1S/C25H24F3N3O3/c1-2-30-22(32)13-31(24(30)34)21-5-3-4-17-10-15(6-8-19(17)21)16-7-9-20-18(11-16)12-29(23(20)33)14-25(26,27)28/h6-11,13,21,32H,2-5,12,14H2,1H3. The molecule has 0 saturated carbocycles. The van der Waals surface area contributed by atoms with E-state index in [0.29, 0.717) is 17.7 Å². The van der Waals surface area contributed by atoms with E-state index in [-0.39, 0.29) is 24.2 Å². The first-order chi connectivity index (χ1) is 16.2. The number of hydrogen-bond donors (Lipinski definition) is 1. The van der Waals surface area contributed by atoms with Crippen LogP contribution in [0.4, 0.5) is 13.2 Å². The van der Waals surface area contributed by atoms with Crippen molar-refractivity contribution in [2.24, 2.45) is 0 Å². The van der Waals surface area contributed by atoms with Crippen molar-refractivity contribution >= 4 is 5.91 Å². The highest BCUT2D eigenvalue weighted by atomic mass is 19.4. The maximum atomic E-state index is 12.8. The highest BCUT2D eigenvalue weighted by molar-refractivity contribution is 5.99. The number of nitrogens with zero attached hydrogens (tertiary/aromatic N) is 3. The van der Waals surface area contributed by atoms with Crippen molar-refractivity contribution in [2.45, 2.75) is 51.5 Å². The van der Waals surface area contributed by atoms with Crippen LogP contribution in [0, 0.1) is 0 Å². The lowest BCUT2D eigenvalue weighted by molar-refractivity contribution is -0.140. The summed E-state index contributed by atoms with van der Waals surface area (Å²) >= 11 is 0. The second kappa shape index (κ2) is 8.07. The third-order valence-electron chi connectivity index (χ3n) is 6.75. The summed E-state index contributed by atoms with van der Waals surface area (Å²) in [4.78, 5) is 25.9. The number of alkyl halides is 3. The Morgan fingerprint density at radius 1 is 1.06 bits per heavy atom. The normalized spacial score (nSPS) is 17.7. The Labute approximate surface area is 193 Å². The van der Waals surface area contributed by atoms with Gasteiger partial charge in [0.05, 0.1) is 12.2 Å². The summed E-state index contributed by atoms with van der Waals surface area (Å²) in [5.74, 6) is -0.650. The third-order valence-corrected chi connectivity index (χ3v) is 6.75. The molecule has 0 saturated heterocycles. The maximum absolute atomic E-state index is 12.8. The van der Waals surface area contributed by atoms with E-state index >= 15 is 0 Å². The van der Waals surface area contributed by atoms with Gasteiger partial charge in [0, 0.05) is 18.7 Å². The Bertz CT molecular complexity index is 1340. The fourth-order valence-corrected chi connectivity index (χ4v) is 5.17. The zero-order valence-electron chi connectivity index (χ0n) is 18.6. The van der Waals surface area contributed by atoms with Crippen LogP contribution in [0.5, 0.6) is 5.88 Å². The molecule has 1 aliphatic carbocycles. The second-order valence-electron chi connectivity index (χ2n) is 8.89. The van der Waals surface area contributed by atoms with Crippen molar-refractivity contribution in [3.05, 3.63) is 75.3 Å². The van der Waals surface area contributed by atoms with Crippen LogP contribution in [-0.4, -0.2) is 37.8 Å². The lowest BCUT2D eigenvalue weighted by Crippen LogP contribution is -2.34. The van der Waals surface area contributed by atoms with Gasteiger partial charge in [0.1, 0.15) is 6.54 Å². The molecule has 0 radical (unpaired) electrons. The summed E-state index contributed by atoms with van der Waals surface area (Å²) in [6, 6.07) is 10.9. The molecular weight excluding hydrogens is 447 g/mol. The van der Waals surface area contributed by atoms with E-state index in [0.717, 1.165) is 46.4 Å². The molecule has 5 rings (SSSR count). The molecule has 2 aromatic carbocycles. The third kappa shape index (κ3) is 3.78. The minimum Gasteiger partial charge on any atom is -0.493 e. The zero-order chi connectivity index (χ0) is 24.2. The monoisotopic (exact) mass is 471 g/mol. The van der Waals surface area contributed by atoms with Crippen LogP contribution in [0.3, 0.4) is 0 Å². The van der Waals surface area contributed by atoms with Gasteiger partial charge in [0.25, 0.3) is 5.91 Å². The molecule has 0 fully saturated rings. The van der Waals surface area contributed by atoms with Gasteiger partial charge in [-0.15, -0.1) is 0 Å². The molecule has 9 heteroatoms. The van der Waals surface area contributed by atoms with Crippen LogP contribution < -0.4 is 5.69 Å². The summed E-state index contributed by atoms with van der Waals surface area (Å²) in [5.41, 5.74) is 4.52. The first-order valence-corrected chi connectivity index (χ1v) is 11.3. The van der Waals surface area contributed by atoms with E-state index in [9.17, 15) is 27.9 Å². The topological polar surface area (TPSA) is 67.5 Å². The smallest absolute Gasteiger partial charge is 0.406 e. The molecule has 1 atom stereocenters. The highest BCUT2D eigenvalue weighted by Gasteiger charge is 2.37. The lowest BCUT2D eigenvalue weighted by atomic mass is 9.85. The Kier molecular flexibility index (Phi) is 5.30. The molecule has 0 bridgehead atoms. The van der Waals surface area contributed by atoms with E-state index in [1.54, 1.807) is 29.7 Å². The van der Waals surface area contributed by atoms with E-state index < -0.39 is 18.6 Å². The fourth-order valence-electron chi connectivity index (χ4n) is 5.17. The first-order valence-electron chi connectivity index (χ1n) is 11.3. The van der Waals surface area contributed by atoms with Gasteiger partial charge in [-0.25, -0.2) is 4.79 Å². The Balaban J connectivity index is 1.46. The average molecular weight is 471 g/mol. The predicted molar refractivity (Wildman–Crippen MR) is 120 cm³/mol. The summed E-state index contributed by atoms with van der Waals surface area (Å²) in [6.07, 6.45) is -0.431. The molecule has 1 unspecified atom stereocenters. The van der Waals surface area contributed by atoms with E-state index in [1.165, 1.54) is 10.8 Å². The molecule has 34 heavy (non-hydrogen) atoms. The van der Waals surface area contributed by atoms with Crippen molar-refractivity contribution in [2.75, 3.05) is 6.54 Å². The predicted octanol–water partition coefficient (Wildman–Crippen LogP) is 4.49. The van der Waals surface area contributed by atoms with Crippen LogP contribution >= 0.6 is 0 Å². The Morgan fingerprint density at radius 3 is 2.44 bits per heavy atom. The average Bonchev–Trinajstić information content (AvgIpc) is 3.25. The zero-order valence-corrected chi connectivity index (χ0v) is 18.6. The SMILES string of the molecule is CCn1c(O)cn(C2CCCc3cc(-c4ccc5c(c4)CN(CC(F)(F)F)C5=O)ccc32)c1=O. The summed E-state index contributed by atoms with van der Waals surface area (Å²) in [5, 5.41) is 10.1. The number of hydrogen-bond acceptors (Lipinski definition) is 3. The number of halogens is 3. The molecule has 1 N–H and O–H groups in total. The summed E-state index contributed by atoms with van der Waals surface area (Å²) in [7, 11) is 0. The number of aromatic nitrogens is 2. The number of amides is 1. The van der Waals surface area contributed by atoms with Gasteiger partial charge in [0.15, 0.2) is 0 Å². The highest BCUT2D eigenvalue weighted by Crippen LogP contribution is 2.36. The summed E-state index contributed by atoms with van der Waals surface area (Å²) in [6.45, 7) is 0.872. The van der Waals surface area contributed by atoms with Gasteiger partial charge in [-0.2, -0.15) is 13.2 Å². The number of aryl methyl sites for hydroxylation is 1. The number of rotatable bonds is 4. The van der Waals surface area contributed by atoms with Crippen LogP contribution in [-0.2, 0) is 19.5 Å². The van der Waals surface area contributed by atoms with Gasteiger partial charge in [-0.1, -0.05) is 24.3 Å². The molecule has 2 aliphatic rings. The summed E-state index contributed by atoms with van der Waals surface area (Å²) < 4.78 is 41.3. The minimum atomic E-state index is -4.44. The Hall–Kier alpha value is -3.49. The number of carbonyl (C=O) groups excluding carboxylic acids is 1. The van der Waals surface area contributed by atoms with Crippen molar-refractivity contribution in [3.8, 4) is 17.0 Å². The van der Waals surface area contributed by atoms with E-state index in [1.807, 2.05) is 12.1 Å². The molecule has 1 aliphatic heterocycles. The number of aromatic hydroxyl groups is 1. The lowest BCUT2D eigenvalue weighted by Gasteiger charge is -2.26. The Morgan fingerprint density at radius 2 is 1.76 bits per heavy atom. The van der Waals surface area contributed by atoms with Crippen LogP contribution in [0.25, 0.3) is 11.1 Å². The quantitative estimate of drug-likeness (QED) is 0.610. The molecule has 178 valence electrons. The first kappa shape index (κ1) is 22.3. The molecule has 2 heterocycles. The number of imidazole rings is 1. The molecule has 1 aromatic heterocycles. The van der Waals surface area contributed by atoms with Crippen LogP contribution in [0.2, 0.25) is 0 Å². The largest absolute Gasteiger partial charge is 0.493 e. The van der Waals surface area contributed by atoms with Crippen LogP contribution in [0.15, 0.2) is 47.4 Å². The molecule has 3 aromatic rings. The maximum Gasteiger partial charge on any atom is 0.406 e. The number of fused-ring (bicyclic) bond motifs is 2. The minimum absolute atomic E-state index is 0.0523. The van der Waals surface area contributed by atoms with Gasteiger partial charge >= 0.3 is 11.9 Å². The van der Waals surface area contributed by atoms with Gasteiger partial charge < -0.3 is 10.0 Å². The fraction of sp³-hybridized carbons (Fsp3) is 0.360. The molecule has 1 amide bonds. The van der Waals surface area contributed by atoms with Crippen molar-refractivity contribution in [1.29, 1.82) is 0 Å². The van der Waals surface area contributed by atoms with Crippen molar-refractivity contribution in [3.63, 3.8) is 0 Å². The van der Waals surface area contributed by atoms with Crippen molar-refractivity contribution in [1.82, 2.24) is 14.0 Å². The number of benzene rings is 2. The van der Waals surface area contributed by atoms with Gasteiger partial charge in [-0.05, 0) is 66.1 Å². The number of carbonyl (C=O) groups is 1. The van der Waals surface area contributed by atoms with E-state index in [2.05, 4.69) is 6.07 Å². The van der Waals surface area contributed by atoms with Crippen LogP contribution in [0.1, 0.15) is 52.9 Å². The molecule has 0 spiro atoms. The molecule has 6 nitrogen and oxygen atoms in total.